The Hall–Kier alpha value is -1.35. The number of nitrogens with two attached hydrogens (primary N) is 1. The predicted molar refractivity (Wildman–Crippen MR) is 87.7 cm³/mol. The lowest BCUT2D eigenvalue weighted by molar-refractivity contribution is -0.139. The molecule has 0 radical (unpaired) electrons. The van der Waals surface area contributed by atoms with Crippen LogP contribution in [0.4, 0.5) is 0 Å². The monoisotopic (exact) mass is 291 g/mol. The fourth-order valence-electron chi connectivity index (χ4n) is 3.26. The molecule has 0 aliphatic carbocycles. The van der Waals surface area contributed by atoms with Crippen LogP contribution >= 0.6 is 0 Å². The number of hydrogen-bond acceptors (Lipinski definition) is 2. The third-order valence-electron chi connectivity index (χ3n) is 4.83. The normalized spacial score (nSPS) is 13.3. The van der Waals surface area contributed by atoms with Gasteiger partial charge in [0.15, 0.2) is 0 Å². The molecule has 0 fully saturated rings. The van der Waals surface area contributed by atoms with Crippen LogP contribution < -0.4 is 5.73 Å². The number of carboxylic acid groups (broad SMARTS) is 1. The van der Waals surface area contributed by atoms with Crippen LogP contribution in [0.3, 0.4) is 0 Å². The van der Waals surface area contributed by atoms with E-state index in [9.17, 15) is 4.79 Å². The smallest absolute Gasteiger partial charge is 0.303 e. The predicted octanol–water partition coefficient (Wildman–Crippen LogP) is 4.12. The van der Waals surface area contributed by atoms with Crippen LogP contribution in [0.15, 0.2) is 0 Å². The molecule has 0 aliphatic rings. The first-order chi connectivity index (χ1) is 9.48. The fourth-order valence-corrected chi connectivity index (χ4v) is 3.26. The summed E-state index contributed by atoms with van der Waals surface area (Å²) in [5, 5.41) is 9.03. The molecule has 0 saturated carbocycles. The summed E-state index contributed by atoms with van der Waals surface area (Å²) in [7, 11) is 0. The number of rotatable bonds is 5. The van der Waals surface area contributed by atoms with Gasteiger partial charge in [0, 0.05) is 6.04 Å². The van der Waals surface area contributed by atoms with Crippen molar-refractivity contribution in [2.24, 2.45) is 11.1 Å². The largest absolute Gasteiger partial charge is 0.481 e. The minimum Gasteiger partial charge on any atom is -0.481 e. The lowest BCUT2D eigenvalue weighted by Gasteiger charge is -2.29. The highest BCUT2D eigenvalue weighted by Gasteiger charge is 2.27. The SMILES string of the molecule is Cc1c(C)c(C)c(C(N)CC(C)(C)CC(=O)O)c(C)c1C. The number of hydrogen-bond donors (Lipinski definition) is 2. The maximum atomic E-state index is 11.0. The molecule has 3 N–H and O–H groups in total. The molecule has 1 aromatic rings. The molecule has 3 nitrogen and oxygen atoms in total. The molecule has 1 aromatic carbocycles. The Bertz CT molecular complexity index is 530. The molecule has 1 atom stereocenters. The zero-order valence-corrected chi connectivity index (χ0v) is 14.4. The zero-order valence-electron chi connectivity index (χ0n) is 14.4. The van der Waals surface area contributed by atoms with Crippen molar-refractivity contribution in [2.45, 2.75) is 67.3 Å². The summed E-state index contributed by atoms with van der Waals surface area (Å²) in [4.78, 5) is 11.0. The van der Waals surface area contributed by atoms with Gasteiger partial charge in [-0.1, -0.05) is 13.8 Å². The van der Waals surface area contributed by atoms with Crippen LogP contribution in [0.25, 0.3) is 0 Å². The van der Waals surface area contributed by atoms with E-state index in [1.165, 1.54) is 33.4 Å². The summed E-state index contributed by atoms with van der Waals surface area (Å²) >= 11 is 0. The van der Waals surface area contributed by atoms with Crippen LogP contribution in [0.5, 0.6) is 0 Å². The van der Waals surface area contributed by atoms with Crippen LogP contribution in [0.1, 0.15) is 66.1 Å². The van der Waals surface area contributed by atoms with Gasteiger partial charge in [0.25, 0.3) is 0 Å². The second-order valence-corrected chi connectivity index (χ2v) is 7.08. The zero-order chi connectivity index (χ0) is 16.5. The van der Waals surface area contributed by atoms with Gasteiger partial charge in [-0.2, -0.15) is 0 Å². The molecule has 1 unspecified atom stereocenters. The van der Waals surface area contributed by atoms with Crippen molar-refractivity contribution in [3.63, 3.8) is 0 Å². The Labute approximate surface area is 128 Å². The molecule has 0 aromatic heterocycles. The van der Waals surface area contributed by atoms with E-state index < -0.39 is 5.97 Å². The Morgan fingerprint density at radius 1 is 1.00 bits per heavy atom. The van der Waals surface area contributed by atoms with E-state index in [0.717, 1.165) is 0 Å². The van der Waals surface area contributed by atoms with Crippen molar-refractivity contribution in [1.82, 2.24) is 0 Å². The molecule has 0 heterocycles. The Balaban J connectivity index is 3.20. The topological polar surface area (TPSA) is 63.3 Å². The molecule has 0 saturated heterocycles. The van der Waals surface area contributed by atoms with Crippen molar-refractivity contribution in [1.29, 1.82) is 0 Å². The van der Waals surface area contributed by atoms with Crippen molar-refractivity contribution >= 4 is 5.97 Å². The lowest BCUT2D eigenvalue weighted by atomic mass is 9.78. The number of aliphatic carboxylic acids is 1. The first-order valence-corrected chi connectivity index (χ1v) is 7.52. The van der Waals surface area contributed by atoms with E-state index in [4.69, 9.17) is 10.8 Å². The van der Waals surface area contributed by atoms with Crippen molar-refractivity contribution in [2.75, 3.05) is 0 Å². The maximum absolute atomic E-state index is 11.0. The minimum atomic E-state index is -0.767. The van der Waals surface area contributed by atoms with Crippen molar-refractivity contribution < 1.29 is 9.90 Å². The van der Waals surface area contributed by atoms with Gasteiger partial charge in [0.1, 0.15) is 0 Å². The Kier molecular flexibility index (Phi) is 5.21. The molecular weight excluding hydrogens is 262 g/mol. The quantitative estimate of drug-likeness (QED) is 0.857. The molecule has 0 aliphatic heterocycles. The van der Waals surface area contributed by atoms with Gasteiger partial charge in [-0.25, -0.2) is 0 Å². The summed E-state index contributed by atoms with van der Waals surface area (Å²) in [5.74, 6) is -0.767. The highest BCUT2D eigenvalue weighted by Crippen LogP contribution is 2.36. The number of carbonyl (C=O) groups is 1. The van der Waals surface area contributed by atoms with E-state index >= 15 is 0 Å². The van der Waals surface area contributed by atoms with Crippen molar-refractivity contribution in [3.05, 3.63) is 33.4 Å². The van der Waals surface area contributed by atoms with Gasteiger partial charge in [-0.3, -0.25) is 4.79 Å². The molecular formula is C18H29NO2. The molecule has 118 valence electrons. The van der Waals surface area contributed by atoms with Crippen LogP contribution in [-0.2, 0) is 4.79 Å². The van der Waals surface area contributed by atoms with Crippen molar-refractivity contribution in [3.8, 4) is 0 Å². The molecule has 0 bridgehead atoms. The second-order valence-electron chi connectivity index (χ2n) is 7.08. The maximum Gasteiger partial charge on any atom is 0.303 e. The van der Waals surface area contributed by atoms with Crippen LogP contribution in [-0.4, -0.2) is 11.1 Å². The fraction of sp³-hybridized carbons (Fsp3) is 0.611. The first kappa shape index (κ1) is 17.7. The van der Waals surface area contributed by atoms with E-state index in [0.29, 0.717) is 6.42 Å². The average Bonchev–Trinajstić information content (AvgIpc) is 2.31. The van der Waals surface area contributed by atoms with E-state index in [1.54, 1.807) is 0 Å². The highest BCUT2D eigenvalue weighted by molar-refractivity contribution is 5.67. The lowest BCUT2D eigenvalue weighted by Crippen LogP contribution is -2.25. The molecule has 0 amide bonds. The standard InChI is InChI=1S/C18H29NO2/c1-10-11(2)13(4)17(14(5)12(10)3)15(19)8-18(6,7)9-16(20)21/h15H,8-9,19H2,1-7H3,(H,20,21). The van der Waals surface area contributed by atoms with Gasteiger partial charge in [-0.05, 0) is 79.8 Å². The summed E-state index contributed by atoms with van der Waals surface area (Å²) < 4.78 is 0. The summed E-state index contributed by atoms with van der Waals surface area (Å²) in [6, 6.07) is -0.127. The third-order valence-corrected chi connectivity index (χ3v) is 4.83. The van der Waals surface area contributed by atoms with E-state index in [1.807, 2.05) is 13.8 Å². The van der Waals surface area contributed by atoms with Gasteiger partial charge < -0.3 is 10.8 Å². The molecule has 21 heavy (non-hydrogen) atoms. The average molecular weight is 291 g/mol. The van der Waals surface area contributed by atoms with Gasteiger partial charge in [0.05, 0.1) is 6.42 Å². The third kappa shape index (κ3) is 3.85. The van der Waals surface area contributed by atoms with Gasteiger partial charge >= 0.3 is 5.97 Å². The Morgan fingerprint density at radius 3 is 1.76 bits per heavy atom. The summed E-state index contributed by atoms with van der Waals surface area (Å²) in [6.45, 7) is 14.6. The molecule has 1 rings (SSSR count). The second kappa shape index (κ2) is 6.18. The minimum absolute atomic E-state index is 0.127. The molecule has 3 heteroatoms. The van der Waals surface area contributed by atoms with Gasteiger partial charge in [-0.15, -0.1) is 0 Å². The van der Waals surface area contributed by atoms with Gasteiger partial charge in [0.2, 0.25) is 0 Å². The summed E-state index contributed by atoms with van der Waals surface area (Å²) in [5.41, 5.74) is 13.7. The number of carboxylic acids is 1. The van der Waals surface area contributed by atoms with Crippen LogP contribution in [0, 0.1) is 40.0 Å². The summed E-state index contributed by atoms with van der Waals surface area (Å²) in [6.07, 6.45) is 0.811. The van der Waals surface area contributed by atoms with E-state index in [2.05, 4.69) is 34.6 Å². The van der Waals surface area contributed by atoms with Crippen LogP contribution in [0.2, 0.25) is 0 Å². The highest BCUT2D eigenvalue weighted by atomic mass is 16.4. The number of benzene rings is 1. The van der Waals surface area contributed by atoms with E-state index in [-0.39, 0.29) is 17.9 Å². The first-order valence-electron chi connectivity index (χ1n) is 7.52. The Morgan fingerprint density at radius 2 is 1.38 bits per heavy atom. The molecule has 0 spiro atoms.